The Hall–Kier alpha value is -2.80. The van der Waals surface area contributed by atoms with E-state index in [1.165, 1.54) is 0 Å². The van der Waals surface area contributed by atoms with Crippen molar-refractivity contribution < 1.29 is 9.53 Å². The van der Waals surface area contributed by atoms with Crippen molar-refractivity contribution in [2.24, 2.45) is 0 Å². The van der Waals surface area contributed by atoms with Gasteiger partial charge in [0.1, 0.15) is 18.2 Å². The molecule has 1 saturated carbocycles. The number of halogens is 1. The number of hydrogen-bond acceptors (Lipinski definition) is 6. The maximum atomic E-state index is 12.7. The number of benzene rings is 1. The number of aromatic nitrogens is 2. The fourth-order valence-corrected chi connectivity index (χ4v) is 3.97. The quantitative estimate of drug-likeness (QED) is 0.760. The van der Waals surface area contributed by atoms with Gasteiger partial charge in [0.25, 0.3) is 5.91 Å². The number of fused-ring (bicyclic) bond motifs is 1. The summed E-state index contributed by atoms with van der Waals surface area (Å²) in [6.07, 6.45) is 7.35. The third-order valence-electron chi connectivity index (χ3n) is 5.47. The van der Waals surface area contributed by atoms with Crippen molar-refractivity contribution in [2.75, 3.05) is 30.9 Å². The highest BCUT2D eigenvalue weighted by atomic mass is 35.5. The van der Waals surface area contributed by atoms with Gasteiger partial charge in [-0.3, -0.25) is 4.79 Å². The number of rotatable bonds is 5. The van der Waals surface area contributed by atoms with Crippen molar-refractivity contribution in [3.8, 4) is 5.75 Å². The van der Waals surface area contributed by atoms with Crippen molar-refractivity contribution in [2.45, 2.75) is 37.8 Å². The van der Waals surface area contributed by atoms with Gasteiger partial charge in [0.2, 0.25) is 5.95 Å². The molecule has 1 amide bonds. The van der Waals surface area contributed by atoms with Gasteiger partial charge in [-0.25, -0.2) is 4.98 Å². The van der Waals surface area contributed by atoms with Gasteiger partial charge in [-0.15, -0.1) is 0 Å². The van der Waals surface area contributed by atoms with E-state index in [4.69, 9.17) is 16.3 Å². The molecule has 2 N–H and O–H groups in total. The molecule has 1 aromatic heterocycles. The lowest BCUT2D eigenvalue weighted by Crippen LogP contribution is -2.41. The minimum Gasteiger partial charge on any atom is -0.488 e. The second-order valence-electron chi connectivity index (χ2n) is 7.94. The van der Waals surface area contributed by atoms with Gasteiger partial charge in [0.15, 0.2) is 0 Å². The maximum absolute atomic E-state index is 12.7. The largest absolute Gasteiger partial charge is 0.488 e. The number of nitrogens with one attached hydrogen (secondary N) is 2. The summed E-state index contributed by atoms with van der Waals surface area (Å²) in [7, 11) is 3.92. The summed E-state index contributed by atoms with van der Waals surface area (Å²) in [5.74, 6) is 2.21. The Morgan fingerprint density at radius 3 is 2.70 bits per heavy atom. The molecule has 2 aliphatic rings. The third kappa shape index (κ3) is 4.84. The minimum absolute atomic E-state index is 0.0703. The molecule has 0 saturated heterocycles. The minimum atomic E-state index is -0.0703. The average molecular weight is 428 g/mol. The van der Waals surface area contributed by atoms with Crippen LogP contribution in [0.2, 0.25) is 5.02 Å². The second kappa shape index (κ2) is 8.92. The van der Waals surface area contributed by atoms with E-state index in [1.54, 1.807) is 12.3 Å². The first-order valence-electron chi connectivity index (χ1n) is 10.2. The van der Waals surface area contributed by atoms with Crippen LogP contribution in [-0.2, 0) is 4.79 Å². The van der Waals surface area contributed by atoms with Gasteiger partial charge in [-0.05, 0) is 56.0 Å². The predicted molar refractivity (Wildman–Crippen MR) is 119 cm³/mol. The zero-order valence-electron chi connectivity index (χ0n) is 17.2. The molecule has 0 unspecified atom stereocenters. The van der Waals surface area contributed by atoms with Crippen molar-refractivity contribution in [1.82, 2.24) is 15.3 Å². The Morgan fingerprint density at radius 1 is 1.17 bits per heavy atom. The normalized spacial score (nSPS) is 20.4. The van der Waals surface area contributed by atoms with Crippen molar-refractivity contribution in [3.05, 3.63) is 46.6 Å². The van der Waals surface area contributed by atoms with E-state index in [1.807, 2.05) is 43.3 Å². The summed E-state index contributed by atoms with van der Waals surface area (Å²) < 4.78 is 5.70. The Balaban J connectivity index is 1.30. The molecule has 0 spiro atoms. The lowest BCUT2D eigenvalue weighted by Gasteiger charge is -2.30. The van der Waals surface area contributed by atoms with Crippen LogP contribution in [0.25, 0.3) is 6.08 Å². The van der Waals surface area contributed by atoms with Crippen LogP contribution >= 0.6 is 11.6 Å². The van der Waals surface area contributed by atoms with Crippen LogP contribution in [0.1, 0.15) is 31.2 Å². The molecule has 1 fully saturated rings. The van der Waals surface area contributed by atoms with E-state index in [9.17, 15) is 4.79 Å². The number of hydrogen-bond donors (Lipinski definition) is 2. The number of amides is 1. The first-order valence-corrected chi connectivity index (χ1v) is 10.6. The first kappa shape index (κ1) is 20.5. The molecule has 1 aromatic carbocycles. The molecule has 8 heteroatoms. The number of anilines is 2. The maximum Gasteiger partial charge on any atom is 0.250 e. The Bertz CT molecular complexity index is 954. The van der Waals surface area contributed by atoms with E-state index in [0.29, 0.717) is 22.6 Å². The predicted octanol–water partition coefficient (Wildman–Crippen LogP) is 3.51. The van der Waals surface area contributed by atoms with Crippen molar-refractivity contribution in [1.29, 1.82) is 0 Å². The van der Waals surface area contributed by atoms with Crippen molar-refractivity contribution in [3.63, 3.8) is 0 Å². The van der Waals surface area contributed by atoms with Crippen LogP contribution in [0.4, 0.5) is 11.8 Å². The summed E-state index contributed by atoms with van der Waals surface area (Å²) in [5.41, 5.74) is 1.46. The van der Waals surface area contributed by atoms with E-state index in [0.717, 1.165) is 42.8 Å². The lowest BCUT2D eigenvalue weighted by atomic mass is 9.91. The van der Waals surface area contributed by atoms with Crippen LogP contribution in [0, 0.1) is 0 Å². The summed E-state index contributed by atoms with van der Waals surface area (Å²) in [4.78, 5) is 23.5. The van der Waals surface area contributed by atoms with Crippen LogP contribution in [0.3, 0.4) is 0 Å². The van der Waals surface area contributed by atoms with Gasteiger partial charge in [0.05, 0.1) is 5.57 Å². The van der Waals surface area contributed by atoms with E-state index < -0.39 is 0 Å². The molecule has 1 aliphatic heterocycles. The van der Waals surface area contributed by atoms with E-state index in [-0.39, 0.29) is 18.6 Å². The molecule has 30 heavy (non-hydrogen) atoms. The number of nitrogens with zero attached hydrogens (tertiary/aromatic N) is 3. The molecular formula is C22H26ClN5O2. The summed E-state index contributed by atoms with van der Waals surface area (Å²) in [5, 5.41) is 7.21. The van der Waals surface area contributed by atoms with Gasteiger partial charge < -0.3 is 20.3 Å². The van der Waals surface area contributed by atoms with Crippen LogP contribution < -0.4 is 20.3 Å². The van der Waals surface area contributed by atoms with E-state index >= 15 is 0 Å². The molecule has 7 nitrogen and oxygen atoms in total. The van der Waals surface area contributed by atoms with Gasteiger partial charge in [-0.2, -0.15) is 4.98 Å². The number of carbonyl (C=O) groups is 1. The van der Waals surface area contributed by atoms with Crippen LogP contribution in [-0.4, -0.2) is 48.7 Å². The molecule has 0 atom stereocenters. The highest BCUT2D eigenvalue weighted by molar-refractivity contribution is 6.30. The molecule has 2 aromatic rings. The Labute approximate surface area is 181 Å². The highest BCUT2D eigenvalue weighted by Gasteiger charge is 2.25. The fourth-order valence-electron chi connectivity index (χ4n) is 3.79. The average Bonchev–Trinajstić information content (AvgIpc) is 2.74. The number of carbonyl (C=O) groups excluding carboxylic acids is 1. The first-order chi connectivity index (χ1) is 14.5. The zero-order valence-corrected chi connectivity index (χ0v) is 17.9. The fraction of sp³-hybridized carbons (Fsp3) is 0.409. The highest BCUT2D eigenvalue weighted by Crippen LogP contribution is 2.29. The molecule has 4 rings (SSSR count). The lowest BCUT2D eigenvalue weighted by molar-refractivity contribution is -0.118. The molecule has 0 bridgehead atoms. The monoisotopic (exact) mass is 427 g/mol. The molecule has 158 valence electrons. The molecule has 2 heterocycles. The van der Waals surface area contributed by atoms with E-state index in [2.05, 4.69) is 20.6 Å². The van der Waals surface area contributed by atoms with Crippen LogP contribution in [0.15, 0.2) is 36.0 Å². The molecule has 1 aliphatic carbocycles. The zero-order chi connectivity index (χ0) is 21.1. The summed E-state index contributed by atoms with van der Waals surface area (Å²) >= 11 is 6.05. The third-order valence-corrected chi connectivity index (χ3v) is 5.71. The topological polar surface area (TPSA) is 79.4 Å². The second-order valence-corrected chi connectivity index (χ2v) is 8.38. The Kier molecular flexibility index (Phi) is 6.08. The number of ether oxygens (including phenoxy) is 1. The van der Waals surface area contributed by atoms with Gasteiger partial charge in [0, 0.05) is 43.0 Å². The Morgan fingerprint density at radius 2 is 1.93 bits per heavy atom. The van der Waals surface area contributed by atoms with Crippen LogP contribution in [0.5, 0.6) is 5.75 Å². The summed E-state index contributed by atoms with van der Waals surface area (Å²) in [6, 6.07) is 7.78. The van der Waals surface area contributed by atoms with Gasteiger partial charge in [-0.1, -0.05) is 11.6 Å². The molecule has 0 radical (unpaired) electrons. The summed E-state index contributed by atoms with van der Waals surface area (Å²) in [6.45, 7) is 0.275. The van der Waals surface area contributed by atoms with Gasteiger partial charge >= 0.3 is 0 Å². The standard InChI is InChI=1S/C22H26ClN5O2/c1-28(2)20-9-10-24-22(27-20)26-18-6-4-17(5-7-18)25-21(29)15-11-14-12-16(23)3-8-19(14)30-13-15/h3,8-12,17-18H,4-7,13H2,1-2H3,(H,25,29)(H,24,26,27). The smallest absolute Gasteiger partial charge is 0.250 e. The SMILES string of the molecule is CN(C)c1ccnc(NC2CCC(NC(=O)C3=Cc4cc(Cl)ccc4OC3)CC2)n1. The van der Waals surface area contributed by atoms with Crippen molar-refractivity contribution >= 4 is 35.4 Å². The molecular weight excluding hydrogens is 402 g/mol.